The topological polar surface area (TPSA) is 61.9 Å². The van der Waals surface area contributed by atoms with E-state index in [0.29, 0.717) is 25.4 Å². The van der Waals surface area contributed by atoms with E-state index in [1.807, 2.05) is 0 Å². The summed E-state index contributed by atoms with van der Waals surface area (Å²) in [4.78, 5) is 0. The monoisotopic (exact) mass is 381 g/mol. The molecule has 2 aliphatic heterocycles. The van der Waals surface area contributed by atoms with Crippen molar-refractivity contribution in [1.82, 2.24) is 5.32 Å². The molecular weight excluding hydrogens is 364 g/mol. The number of hydrogen-bond donors (Lipinski definition) is 1. The van der Waals surface area contributed by atoms with Gasteiger partial charge in [-0.05, 0) is 24.3 Å². The molecule has 0 unspecified atom stereocenters. The third-order valence-corrected chi connectivity index (χ3v) is 6.14. The number of ether oxygens (including phenoxy) is 1. The van der Waals surface area contributed by atoms with Crippen molar-refractivity contribution in [1.29, 1.82) is 0 Å². The van der Waals surface area contributed by atoms with Crippen molar-refractivity contribution in [3.05, 3.63) is 54.1 Å². The predicted molar refractivity (Wildman–Crippen MR) is 93.8 cm³/mol. The lowest BCUT2D eigenvalue weighted by Gasteiger charge is -2.29. The minimum Gasteiger partial charge on any atom is -0.374 e. The Morgan fingerprint density at radius 1 is 1.08 bits per heavy atom. The average molecular weight is 381 g/mol. The van der Waals surface area contributed by atoms with Crippen LogP contribution >= 0.6 is 0 Å². The Labute approximate surface area is 150 Å². The number of benzene rings is 2. The van der Waals surface area contributed by atoms with Crippen LogP contribution in [0.5, 0.6) is 0 Å². The molecule has 1 fully saturated rings. The van der Waals surface area contributed by atoms with Crippen LogP contribution in [0.4, 0.5) is 25.8 Å². The minimum atomic E-state index is -4.21. The lowest BCUT2D eigenvalue weighted by Crippen LogP contribution is -2.47. The molecule has 2 heterocycles. The summed E-state index contributed by atoms with van der Waals surface area (Å²) in [5, 5.41) is 3.14. The van der Waals surface area contributed by atoms with E-state index in [0.717, 1.165) is 20.7 Å². The molecule has 0 bridgehead atoms. The molecule has 2 aromatic rings. The van der Waals surface area contributed by atoms with E-state index in [4.69, 9.17) is 4.74 Å². The van der Waals surface area contributed by atoms with E-state index in [1.54, 1.807) is 18.2 Å². The summed E-state index contributed by atoms with van der Waals surface area (Å²) < 4.78 is 62.5. The van der Waals surface area contributed by atoms with Gasteiger partial charge in [0.1, 0.15) is 5.69 Å². The molecule has 0 spiro atoms. The van der Waals surface area contributed by atoms with Gasteiger partial charge in [0.05, 0.1) is 30.6 Å². The summed E-state index contributed by atoms with van der Waals surface area (Å²) in [6.07, 6.45) is -0.350. The van der Waals surface area contributed by atoms with Crippen molar-refractivity contribution >= 4 is 27.3 Å². The van der Waals surface area contributed by atoms with Gasteiger partial charge in [0.15, 0.2) is 11.6 Å². The number of fused-ring (bicyclic) bond motifs is 1. The van der Waals surface area contributed by atoms with Crippen LogP contribution in [-0.4, -0.2) is 40.8 Å². The maximum absolute atomic E-state index is 14.3. The van der Waals surface area contributed by atoms with Crippen molar-refractivity contribution in [2.24, 2.45) is 0 Å². The van der Waals surface area contributed by atoms with E-state index in [9.17, 15) is 17.2 Å². The van der Waals surface area contributed by atoms with Gasteiger partial charge in [-0.2, -0.15) is 8.42 Å². The molecule has 0 radical (unpaired) electrons. The lowest BCUT2D eigenvalue weighted by atomic mass is 10.2. The Hall–Kier alpha value is -2.23. The molecule has 1 saturated heterocycles. The van der Waals surface area contributed by atoms with E-state index in [2.05, 4.69) is 5.32 Å². The van der Waals surface area contributed by atoms with Crippen LogP contribution < -0.4 is 13.9 Å². The Morgan fingerprint density at radius 3 is 2.42 bits per heavy atom. The summed E-state index contributed by atoms with van der Waals surface area (Å²) in [6.45, 7) is 1.74. The van der Waals surface area contributed by atoms with Gasteiger partial charge in [-0.15, -0.1) is 0 Å². The second kappa shape index (κ2) is 6.49. The van der Waals surface area contributed by atoms with Crippen LogP contribution in [0.15, 0.2) is 42.5 Å². The van der Waals surface area contributed by atoms with Crippen molar-refractivity contribution in [3.63, 3.8) is 0 Å². The van der Waals surface area contributed by atoms with Gasteiger partial charge in [-0.3, -0.25) is 0 Å². The highest BCUT2D eigenvalue weighted by atomic mass is 32.2. The van der Waals surface area contributed by atoms with Gasteiger partial charge < -0.3 is 10.1 Å². The summed E-state index contributed by atoms with van der Waals surface area (Å²) in [5.74, 6) is -1.89. The summed E-state index contributed by atoms with van der Waals surface area (Å²) >= 11 is 0. The van der Waals surface area contributed by atoms with Gasteiger partial charge in [0.25, 0.3) is 0 Å². The highest BCUT2D eigenvalue weighted by Crippen LogP contribution is 2.46. The summed E-state index contributed by atoms with van der Waals surface area (Å²) in [7, 11) is -4.21. The van der Waals surface area contributed by atoms with Gasteiger partial charge in [0.2, 0.25) is 0 Å². The van der Waals surface area contributed by atoms with Crippen LogP contribution in [0.1, 0.15) is 0 Å². The highest BCUT2D eigenvalue weighted by molar-refractivity contribution is 7.95. The standard InChI is InChI=1S/C17H17F2N3O3S/c18-13-4-3-5-14(19)17(13)22-16-7-2-1-6-15(16)21(26(22,23)24)11-12-10-20-8-9-25-12/h1-7,12,20H,8-11H2/t12-/m1/s1. The number of rotatable bonds is 3. The Kier molecular flexibility index (Phi) is 4.29. The van der Waals surface area contributed by atoms with E-state index in [-0.39, 0.29) is 18.3 Å². The maximum atomic E-state index is 14.3. The molecule has 138 valence electrons. The van der Waals surface area contributed by atoms with Crippen LogP contribution in [0.2, 0.25) is 0 Å². The molecule has 26 heavy (non-hydrogen) atoms. The second-order valence-electron chi connectivity index (χ2n) is 6.06. The molecule has 0 aromatic heterocycles. The SMILES string of the molecule is O=S1(=O)N(C[C@H]2CNCCO2)c2ccccc2N1c1c(F)cccc1F. The molecule has 1 N–H and O–H groups in total. The van der Waals surface area contributed by atoms with Crippen molar-refractivity contribution in [3.8, 4) is 0 Å². The number of nitrogens with one attached hydrogen (secondary N) is 1. The molecule has 9 heteroatoms. The zero-order valence-electron chi connectivity index (χ0n) is 13.7. The molecule has 4 rings (SSSR count). The van der Waals surface area contributed by atoms with E-state index < -0.39 is 27.5 Å². The number of morpholine rings is 1. The first-order valence-electron chi connectivity index (χ1n) is 8.18. The molecule has 2 aliphatic rings. The zero-order chi connectivity index (χ0) is 18.3. The van der Waals surface area contributed by atoms with Crippen LogP contribution in [0, 0.1) is 11.6 Å². The number of anilines is 3. The maximum Gasteiger partial charge on any atom is 0.331 e. The van der Waals surface area contributed by atoms with Crippen LogP contribution in [-0.2, 0) is 14.9 Å². The fraction of sp³-hybridized carbons (Fsp3) is 0.294. The molecule has 0 amide bonds. The first-order chi connectivity index (χ1) is 12.5. The van der Waals surface area contributed by atoms with Gasteiger partial charge >= 0.3 is 10.2 Å². The number of para-hydroxylation sites is 3. The van der Waals surface area contributed by atoms with Gasteiger partial charge in [-0.25, -0.2) is 17.4 Å². The molecule has 0 saturated carbocycles. The third kappa shape index (κ3) is 2.72. The number of halogens is 2. The number of hydrogen-bond acceptors (Lipinski definition) is 4. The normalized spacial score (nSPS) is 21.7. The van der Waals surface area contributed by atoms with Crippen molar-refractivity contribution < 1.29 is 21.9 Å². The van der Waals surface area contributed by atoms with Crippen molar-refractivity contribution in [2.45, 2.75) is 6.10 Å². The highest BCUT2D eigenvalue weighted by Gasteiger charge is 2.44. The zero-order valence-corrected chi connectivity index (χ0v) is 14.5. The molecule has 1 atom stereocenters. The van der Waals surface area contributed by atoms with Gasteiger partial charge in [-0.1, -0.05) is 18.2 Å². The molecule has 0 aliphatic carbocycles. The fourth-order valence-corrected chi connectivity index (χ4v) is 4.99. The smallest absolute Gasteiger partial charge is 0.331 e. The molecule has 2 aromatic carbocycles. The summed E-state index contributed by atoms with van der Waals surface area (Å²) in [6, 6.07) is 9.72. The van der Waals surface area contributed by atoms with Crippen LogP contribution in [0.25, 0.3) is 0 Å². The fourth-order valence-electron chi connectivity index (χ4n) is 3.23. The largest absolute Gasteiger partial charge is 0.374 e. The first-order valence-corrected chi connectivity index (χ1v) is 9.58. The van der Waals surface area contributed by atoms with E-state index >= 15 is 0 Å². The van der Waals surface area contributed by atoms with Crippen molar-refractivity contribution in [2.75, 3.05) is 34.9 Å². The quantitative estimate of drug-likeness (QED) is 0.885. The van der Waals surface area contributed by atoms with Crippen LogP contribution in [0.3, 0.4) is 0 Å². The Morgan fingerprint density at radius 2 is 1.77 bits per heavy atom. The second-order valence-corrected chi connectivity index (χ2v) is 7.76. The first kappa shape index (κ1) is 17.2. The Bertz CT molecular complexity index is 912. The minimum absolute atomic E-state index is 0.0545. The number of nitrogens with zero attached hydrogens (tertiary/aromatic N) is 2. The lowest BCUT2D eigenvalue weighted by molar-refractivity contribution is 0.0353. The predicted octanol–water partition coefficient (Wildman–Crippen LogP) is 2.16. The third-order valence-electron chi connectivity index (χ3n) is 4.39. The summed E-state index contributed by atoms with van der Waals surface area (Å²) in [5.41, 5.74) is -0.0327. The molecule has 6 nitrogen and oxygen atoms in total. The van der Waals surface area contributed by atoms with E-state index in [1.165, 1.54) is 12.1 Å². The molecular formula is C17H17F2N3O3S. The Balaban J connectivity index is 1.81. The van der Waals surface area contributed by atoms with Gasteiger partial charge in [0, 0.05) is 13.1 Å². The average Bonchev–Trinajstić information content (AvgIpc) is 2.84.